The van der Waals surface area contributed by atoms with Gasteiger partial charge in [0.1, 0.15) is 5.75 Å². The Morgan fingerprint density at radius 3 is 2.29 bits per heavy atom. The van der Waals surface area contributed by atoms with Gasteiger partial charge in [0.05, 0.1) is 11.1 Å². The number of phenolic OH excluding ortho intramolecular Hbond substituents is 1. The molecule has 0 radical (unpaired) electrons. The standard InChI is InChI=1S/C23H19F3N2O3/c24-23(25,26)17-4-1-3-14(13-17)11-12-28-22(31)19-6-2-5-18(20(19)29)15-7-9-16(10-8-15)21(27)30/h1-10,13,29H,11-12H2,(H2,27,30)(H,28,31). The van der Waals surface area contributed by atoms with Crippen molar-refractivity contribution >= 4 is 11.8 Å². The quantitative estimate of drug-likeness (QED) is 0.551. The molecular formula is C23H19F3N2O3. The number of nitrogens with one attached hydrogen (secondary N) is 1. The molecule has 31 heavy (non-hydrogen) atoms. The molecule has 0 atom stereocenters. The smallest absolute Gasteiger partial charge is 0.416 e. The molecule has 0 aliphatic heterocycles. The molecule has 3 aromatic carbocycles. The van der Waals surface area contributed by atoms with Crippen molar-refractivity contribution < 1.29 is 27.9 Å². The van der Waals surface area contributed by atoms with Crippen LogP contribution in [0.1, 0.15) is 31.8 Å². The Bertz CT molecular complexity index is 1110. The van der Waals surface area contributed by atoms with Crippen LogP contribution in [-0.2, 0) is 12.6 Å². The van der Waals surface area contributed by atoms with E-state index in [-0.39, 0.29) is 24.3 Å². The zero-order valence-electron chi connectivity index (χ0n) is 16.2. The molecule has 5 nitrogen and oxygen atoms in total. The van der Waals surface area contributed by atoms with E-state index in [1.54, 1.807) is 30.3 Å². The van der Waals surface area contributed by atoms with E-state index in [9.17, 15) is 27.9 Å². The fourth-order valence-corrected chi connectivity index (χ4v) is 3.09. The summed E-state index contributed by atoms with van der Waals surface area (Å²) in [7, 11) is 0. The molecule has 3 aromatic rings. The van der Waals surface area contributed by atoms with Crippen molar-refractivity contribution in [2.75, 3.05) is 6.54 Å². The summed E-state index contributed by atoms with van der Waals surface area (Å²) in [5.41, 5.74) is 6.22. The summed E-state index contributed by atoms with van der Waals surface area (Å²) >= 11 is 0. The van der Waals surface area contributed by atoms with Crippen LogP contribution >= 0.6 is 0 Å². The monoisotopic (exact) mass is 428 g/mol. The van der Waals surface area contributed by atoms with Crippen molar-refractivity contribution in [1.82, 2.24) is 5.32 Å². The van der Waals surface area contributed by atoms with E-state index in [0.717, 1.165) is 12.1 Å². The second-order valence-corrected chi connectivity index (χ2v) is 6.85. The van der Waals surface area contributed by atoms with E-state index >= 15 is 0 Å². The first-order chi connectivity index (χ1) is 14.7. The van der Waals surface area contributed by atoms with Crippen molar-refractivity contribution in [3.8, 4) is 16.9 Å². The van der Waals surface area contributed by atoms with Gasteiger partial charge in [-0.1, -0.05) is 42.5 Å². The Morgan fingerprint density at radius 2 is 1.65 bits per heavy atom. The minimum atomic E-state index is -4.43. The van der Waals surface area contributed by atoms with E-state index in [2.05, 4.69) is 5.32 Å². The number of carbonyl (C=O) groups is 2. The minimum Gasteiger partial charge on any atom is -0.506 e. The number of amides is 2. The number of primary amides is 1. The Hall–Kier alpha value is -3.81. The minimum absolute atomic E-state index is 0.0283. The maximum absolute atomic E-state index is 12.8. The summed E-state index contributed by atoms with van der Waals surface area (Å²) in [6, 6.07) is 15.8. The zero-order valence-corrected chi connectivity index (χ0v) is 16.2. The second-order valence-electron chi connectivity index (χ2n) is 6.85. The van der Waals surface area contributed by atoms with E-state index < -0.39 is 23.6 Å². The zero-order chi connectivity index (χ0) is 22.6. The predicted octanol–water partition coefficient (Wildman–Crippen LogP) is 4.15. The first kappa shape index (κ1) is 21.9. The van der Waals surface area contributed by atoms with E-state index in [0.29, 0.717) is 22.3 Å². The molecule has 8 heteroatoms. The highest BCUT2D eigenvalue weighted by atomic mass is 19.4. The van der Waals surface area contributed by atoms with Crippen LogP contribution in [0, 0.1) is 0 Å². The number of halogens is 3. The molecule has 160 valence electrons. The Kier molecular flexibility index (Phi) is 6.29. The number of hydrogen-bond donors (Lipinski definition) is 3. The highest BCUT2D eigenvalue weighted by molar-refractivity contribution is 5.99. The largest absolute Gasteiger partial charge is 0.506 e. The predicted molar refractivity (Wildman–Crippen MR) is 110 cm³/mol. The average molecular weight is 428 g/mol. The summed E-state index contributed by atoms with van der Waals surface area (Å²) in [6.07, 6.45) is -4.23. The van der Waals surface area contributed by atoms with Gasteiger partial charge in [-0.25, -0.2) is 0 Å². The number of hydrogen-bond acceptors (Lipinski definition) is 3. The number of nitrogens with two attached hydrogens (primary N) is 1. The molecule has 0 aliphatic rings. The number of aromatic hydroxyl groups is 1. The number of carbonyl (C=O) groups excluding carboxylic acids is 2. The van der Waals surface area contributed by atoms with Crippen molar-refractivity contribution in [1.29, 1.82) is 0 Å². The average Bonchev–Trinajstić information content (AvgIpc) is 2.73. The summed E-state index contributed by atoms with van der Waals surface area (Å²) in [5, 5.41) is 13.2. The molecule has 0 fully saturated rings. The third-order valence-electron chi connectivity index (χ3n) is 4.71. The maximum atomic E-state index is 12.8. The highest BCUT2D eigenvalue weighted by Crippen LogP contribution is 2.32. The van der Waals surface area contributed by atoms with Gasteiger partial charge < -0.3 is 16.2 Å². The number of para-hydroxylation sites is 1. The van der Waals surface area contributed by atoms with Crippen molar-refractivity contribution in [3.05, 3.63) is 89.0 Å². The van der Waals surface area contributed by atoms with E-state index in [1.165, 1.54) is 24.3 Å². The lowest BCUT2D eigenvalue weighted by molar-refractivity contribution is -0.137. The van der Waals surface area contributed by atoms with Crippen molar-refractivity contribution in [3.63, 3.8) is 0 Å². The molecule has 0 aromatic heterocycles. The Labute approximate surface area is 176 Å². The molecule has 0 unspecified atom stereocenters. The number of rotatable bonds is 6. The fourth-order valence-electron chi connectivity index (χ4n) is 3.09. The normalized spacial score (nSPS) is 11.2. The van der Waals surface area contributed by atoms with Crippen molar-refractivity contribution in [2.45, 2.75) is 12.6 Å². The molecule has 0 bridgehead atoms. The summed E-state index contributed by atoms with van der Waals surface area (Å²) in [5.74, 6) is -1.38. The third-order valence-corrected chi connectivity index (χ3v) is 4.71. The number of phenols is 1. The number of benzene rings is 3. The van der Waals surface area contributed by atoms with E-state index in [4.69, 9.17) is 5.73 Å². The molecule has 2 amide bonds. The maximum Gasteiger partial charge on any atom is 0.416 e. The van der Waals surface area contributed by atoms with Gasteiger partial charge in [0.2, 0.25) is 5.91 Å². The second kappa shape index (κ2) is 8.91. The van der Waals surface area contributed by atoms with E-state index in [1.807, 2.05) is 0 Å². The molecule has 3 rings (SSSR count). The van der Waals surface area contributed by atoms with Gasteiger partial charge >= 0.3 is 6.18 Å². The van der Waals surface area contributed by atoms with Crippen LogP contribution in [0.4, 0.5) is 13.2 Å². The van der Waals surface area contributed by atoms with Crippen LogP contribution < -0.4 is 11.1 Å². The summed E-state index contributed by atoms with van der Waals surface area (Å²) in [6.45, 7) is 0.0944. The first-order valence-electron chi connectivity index (χ1n) is 9.33. The molecule has 0 saturated carbocycles. The lowest BCUT2D eigenvalue weighted by atomic mass is 9.99. The summed E-state index contributed by atoms with van der Waals surface area (Å²) < 4.78 is 38.4. The number of alkyl halides is 3. The van der Waals surface area contributed by atoms with Gasteiger partial charge in [0.25, 0.3) is 5.91 Å². The highest BCUT2D eigenvalue weighted by Gasteiger charge is 2.30. The molecule has 0 saturated heterocycles. The van der Waals surface area contributed by atoms with Crippen LogP contribution in [0.5, 0.6) is 5.75 Å². The van der Waals surface area contributed by atoms with Crippen LogP contribution in [0.2, 0.25) is 0 Å². The fraction of sp³-hybridized carbons (Fsp3) is 0.130. The Morgan fingerprint density at radius 1 is 0.968 bits per heavy atom. The van der Waals surface area contributed by atoms with Gasteiger partial charge in [-0.2, -0.15) is 13.2 Å². The van der Waals surface area contributed by atoms with Gasteiger partial charge in [0, 0.05) is 17.7 Å². The molecule has 0 aliphatic carbocycles. The SMILES string of the molecule is NC(=O)c1ccc(-c2cccc(C(=O)NCCc3cccc(C(F)(F)F)c3)c2O)cc1. The van der Waals surface area contributed by atoms with Gasteiger partial charge in [-0.3, -0.25) is 9.59 Å². The van der Waals surface area contributed by atoms with Crippen molar-refractivity contribution in [2.24, 2.45) is 5.73 Å². The topological polar surface area (TPSA) is 92.4 Å². The molecule has 0 spiro atoms. The van der Waals surface area contributed by atoms with Gasteiger partial charge in [-0.05, 0) is 41.8 Å². The van der Waals surface area contributed by atoms with Gasteiger partial charge in [0.15, 0.2) is 0 Å². The van der Waals surface area contributed by atoms with Crippen LogP contribution in [0.3, 0.4) is 0 Å². The summed E-state index contributed by atoms with van der Waals surface area (Å²) in [4.78, 5) is 23.7. The van der Waals surface area contributed by atoms with Crippen LogP contribution in [-0.4, -0.2) is 23.5 Å². The van der Waals surface area contributed by atoms with Crippen LogP contribution in [0.25, 0.3) is 11.1 Å². The first-order valence-corrected chi connectivity index (χ1v) is 9.33. The molecule has 4 N–H and O–H groups in total. The van der Waals surface area contributed by atoms with Crippen LogP contribution in [0.15, 0.2) is 66.7 Å². The Balaban J connectivity index is 1.70. The molecule has 0 heterocycles. The lowest BCUT2D eigenvalue weighted by Gasteiger charge is -2.12. The van der Waals surface area contributed by atoms with Gasteiger partial charge in [-0.15, -0.1) is 0 Å². The molecular weight excluding hydrogens is 409 g/mol. The lowest BCUT2D eigenvalue weighted by Crippen LogP contribution is -2.25. The third kappa shape index (κ3) is 5.22.